The van der Waals surface area contributed by atoms with Gasteiger partial charge in [0.25, 0.3) is 0 Å². The van der Waals surface area contributed by atoms with Crippen LogP contribution in [0.5, 0.6) is 0 Å². The van der Waals surface area contributed by atoms with Crippen molar-refractivity contribution in [2.45, 2.75) is 44.9 Å². The number of allylic oxidation sites excluding steroid dienone is 11. The van der Waals surface area contributed by atoms with Gasteiger partial charge in [0.15, 0.2) is 0 Å². The van der Waals surface area contributed by atoms with Crippen LogP contribution in [-0.2, 0) is 0 Å². The van der Waals surface area contributed by atoms with E-state index in [1.54, 1.807) is 11.1 Å². The normalized spacial score (nSPS) is 24.3. The predicted octanol–water partition coefficient (Wildman–Crippen LogP) is 6.07. The van der Waals surface area contributed by atoms with Crippen LogP contribution in [0.25, 0.3) is 0 Å². The minimum atomic E-state index is 1.01. The van der Waals surface area contributed by atoms with Gasteiger partial charge in [0.1, 0.15) is 0 Å². The fourth-order valence-electron chi connectivity index (χ4n) is 3.01. The second-order valence-corrected chi connectivity index (χ2v) is 5.65. The fourth-order valence-corrected chi connectivity index (χ4v) is 3.01. The van der Waals surface area contributed by atoms with E-state index in [0.29, 0.717) is 0 Å². The topological polar surface area (TPSA) is 0 Å². The molecule has 0 N–H and O–H groups in total. The van der Waals surface area contributed by atoms with E-state index in [1.165, 1.54) is 25.7 Å². The molecule has 0 aromatic rings. The molecule has 1 unspecified atom stereocenters. The van der Waals surface area contributed by atoms with Gasteiger partial charge in [0.2, 0.25) is 0 Å². The average molecular weight is 266 g/mol. The second-order valence-electron chi connectivity index (χ2n) is 5.65. The summed E-state index contributed by atoms with van der Waals surface area (Å²) in [6.07, 6.45) is 28.1. The quantitative estimate of drug-likeness (QED) is 0.505. The first-order valence-electron chi connectivity index (χ1n) is 7.85. The maximum Gasteiger partial charge on any atom is -0.0163 e. The van der Waals surface area contributed by atoms with E-state index in [2.05, 4.69) is 61.3 Å². The van der Waals surface area contributed by atoms with Crippen LogP contribution in [0.1, 0.15) is 44.9 Å². The van der Waals surface area contributed by atoms with Crippen LogP contribution in [-0.4, -0.2) is 0 Å². The van der Waals surface area contributed by atoms with E-state index in [0.717, 1.165) is 25.2 Å². The van der Waals surface area contributed by atoms with Gasteiger partial charge in [-0.25, -0.2) is 0 Å². The third-order valence-electron chi connectivity index (χ3n) is 4.13. The molecular weight excluding hydrogens is 240 g/mol. The van der Waals surface area contributed by atoms with Crippen LogP contribution in [0.2, 0.25) is 0 Å². The summed E-state index contributed by atoms with van der Waals surface area (Å²) in [7, 11) is 0. The molecule has 0 radical (unpaired) electrons. The fraction of sp³-hybridized carbons (Fsp3) is 0.400. The van der Waals surface area contributed by atoms with E-state index < -0.39 is 0 Å². The number of hydrogen-bond acceptors (Lipinski definition) is 0. The molecule has 4 rings (SSSR count). The highest BCUT2D eigenvalue weighted by Crippen LogP contribution is 2.44. The van der Waals surface area contributed by atoms with Crippen molar-refractivity contribution in [2.24, 2.45) is 5.92 Å². The van der Waals surface area contributed by atoms with Crippen molar-refractivity contribution in [2.75, 3.05) is 0 Å². The van der Waals surface area contributed by atoms with Gasteiger partial charge in [0.05, 0.1) is 0 Å². The Labute approximate surface area is 124 Å². The van der Waals surface area contributed by atoms with Crippen LogP contribution in [0.15, 0.2) is 72.4 Å². The van der Waals surface area contributed by atoms with Crippen LogP contribution in [0.4, 0.5) is 0 Å². The molecule has 0 aromatic carbocycles. The number of fused-ring (bicyclic) bond motifs is 2. The molecule has 20 heavy (non-hydrogen) atoms. The molecule has 1 atom stereocenters. The van der Waals surface area contributed by atoms with Crippen LogP contribution >= 0.6 is 0 Å². The molecule has 0 spiro atoms. The lowest BCUT2D eigenvalue weighted by Gasteiger charge is -2.06. The van der Waals surface area contributed by atoms with E-state index in [-0.39, 0.29) is 0 Å². The molecule has 1 fully saturated rings. The average Bonchev–Trinajstić information content (AvgIpc) is 3.28. The summed E-state index contributed by atoms with van der Waals surface area (Å²) < 4.78 is 0. The summed E-state index contributed by atoms with van der Waals surface area (Å²) >= 11 is 0. The first-order chi connectivity index (χ1) is 9.90. The summed E-state index contributed by atoms with van der Waals surface area (Å²) in [6, 6.07) is 0. The zero-order valence-corrected chi connectivity index (χ0v) is 12.4. The van der Waals surface area contributed by atoms with Gasteiger partial charge < -0.3 is 0 Å². The summed E-state index contributed by atoms with van der Waals surface area (Å²) in [5.41, 5.74) is 3.27. The Balaban J connectivity index is 0.000000117. The molecule has 0 heteroatoms. The molecular formula is C20H26. The highest BCUT2D eigenvalue weighted by molar-refractivity contribution is 5.32. The largest absolute Gasteiger partial charge is 0.0988 e. The summed E-state index contributed by atoms with van der Waals surface area (Å²) in [6.45, 7) is 3.80. The highest BCUT2D eigenvalue weighted by Gasteiger charge is 2.28. The Bertz CT molecular complexity index is 424. The highest BCUT2D eigenvalue weighted by atomic mass is 14.3. The lowest BCUT2D eigenvalue weighted by atomic mass is 9.99. The van der Waals surface area contributed by atoms with Crippen molar-refractivity contribution in [3.05, 3.63) is 72.4 Å². The van der Waals surface area contributed by atoms with Gasteiger partial charge >= 0.3 is 0 Å². The molecule has 106 valence electrons. The lowest BCUT2D eigenvalue weighted by molar-refractivity contribution is 0.568. The van der Waals surface area contributed by atoms with Crippen LogP contribution in [0.3, 0.4) is 0 Å². The van der Waals surface area contributed by atoms with Crippen molar-refractivity contribution < 1.29 is 0 Å². The Morgan fingerprint density at radius 3 is 1.70 bits per heavy atom. The summed E-state index contributed by atoms with van der Waals surface area (Å²) in [5.74, 6) is 1.01. The molecule has 0 nitrogen and oxygen atoms in total. The van der Waals surface area contributed by atoms with E-state index in [9.17, 15) is 0 Å². The molecule has 0 aromatic heterocycles. The molecule has 1 saturated carbocycles. The van der Waals surface area contributed by atoms with Crippen molar-refractivity contribution in [3.63, 3.8) is 0 Å². The summed E-state index contributed by atoms with van der Waals surface area (Å²) in [5, 5.41) is 0. The SMILES string of the molecule is C1=CCC=C1.C1=CCC=CC1.C=CC1=C2CCC(C1)C2. The third kappa shape index (κ3) is 4.85. The maximum atomic E-state index is 3.80. The standard InChI is InChI=1S/C9H12.C6H8.C5H6/c1-2-8-5-7-3-4-9(8)6-7;1-2-4-6-5-3-1;1-2-4-5-3-1/h2,7H,1,3-6H2;1-2,5-6H,3-4H2;1-4H,5H2. The van der Waals surface area contributed by atoms with Gasteiger partial charge in [-0.3, -0.25) is 0 Å². The first-order valence-corrected chi connectivity index (χ1v) is 7.85. The van der Waals surface area contributed by atoms with Crippen LogP contribution < -0.4 is 0 Å². The Kier molecular flexibility index (Phi) is 6.37. The Hall–Kier alpha value is -1.56. The first kappa shape index (κ1) is 14.8. The van der Waals surface area contributed by atoms with E-state index in [1.807, 2.05) is 0 Å². The smallest absolute Gasteiger partial charge is 0.0163 e. The van der Waals surface area contributed by atoms with Gasteiger partial charge in [-0.2, -0.15) is 0 Å². The molecule has 2 bridgehead atoms. The molecule has 0 aliphatic heterocycles. The van der Waals surface area contributed by atoms with Crippen molar-refractivity contribution in [1.29, 1.82) is 0 Å². The summed E-state index contributed by atoms with van der Waals surface area (Å²) in [4.78, 5) is 0. The molecule has 4 aliphatic rings. The zero-order valence-electron chi connectivity index (χ0n) is 12.4. The van der Waals surface area contributed by atoms with Gasteiger partial charge in [-0.1, -0.05) is 66.8 Å². The second kappa shape index (κ2) is 8.58. The monoisotopic (exact) mass is 266 g/mol. The molecule has 0 amide bonds. The van der Waals surface area contributed by atoms with Crippen molar-refractivity contribution in [1.82, 2.24) is 0 Å². The molecule has 0 heterocycles. The third-order valence-corrected chi connectivity index (χ3v) is 4.13. The minimum Gasteiger partial charge on any atom is -0.0988 e. The number of hydrogen-bond donors (Lipinski definition) is 0. The Morgan fingerprint density at radius 1 is 0.850 bits per heavy atom. The molecule has 0 saturated heterocycles. The zero-order chi connectivity index (χ0) is 14.0. The van der Waals surface area contributed by atoms with Crippen molar-refractivity contribution >= 4 is 0 Å². The Morgan fingerprint density at radius 2 is 1.45 bits per heavy atom. The number of rotatable bonds is 1. The maximum absolute atomic E-state index is 3.80. The van der Waals surface area contributed by atoms with Gasteiger partial charge in [-0.15, -0.1) is 0 Å². The minimum absolute atomic E-state index is 1.01. The van der Waals surface area contributed by atoms with E-state index >= 15 is 0 Å². The van der Waals surface area contributed by atoms with Crippen molar-refractivity contribution in [3.8, 4) is 0 Å². The van der Waals surface area contributed by atoms with E-state index in [4.69, 9.17) is 0 Å². The lowest BCUT2D eigenvalue weighted by Crippen LogP contribution is -1.91. The predicted molar refractivity (Wildman–Crippen MR) is 89.6 cm³/mol. The van der Waals surface area contributed by atoms with Gasteiger partial charge in [0, 0.05) is 0 Å². The van der Waals surface area contributed by atoms with Gasteiger partial charge in [-0.05, 0) is 56.4 Å². The van der Waals surface area contributed by atoms with Crippen LogP contribution in [0, 0.1) is 5.92 Å². The molecule has 4 aliphatic carbocycles.